The molecule has 2 N–H and O–H groups in total. The van der Waals surface area contributed by atoms with E-state index in [4.69, 9.17) is 9.84 Å². The summed E-state index contributed by atoms with van der Waals surface area (Å²) in [7, 11) is 0. The van der Waals surface area contributed by atoms with E-state index in [9.17, 15) is 4.79 Å². The molecule has 1 amide bonds. The summed E-state index contributed by atoms with van der Waals surface area (Å²) in [5.41, 5.74) is 0.243. The van der Waals surface area contributed by atoms with Crippen molar-refractivity contribution < 1.29 is 14.6 Å². The number of carbonyl (C=O) groups excluding carboxylic acids is 1. The van der Waals surface area contributed by atoms with Crippen molar-refractivity contribution >= 4 is 5.91 Å². The fourth-order valence-corrected chi connectivity index (χ4v) is 1.65. The predicted molar refractivity (Wildman–Crippen MR) is 75.2 cm³/mol. The van der Waals surface area contributed by atoms with Crippen molar-refractivity contribution in [2.75, 3.05) is 6.61 Å². The molecule has 0 radical (unpaired) electrons. The average Bonchev–Trinajstić information content (AvgIpc) is 2.30. The van der Waals surface area contributed by atoms with Crippen LogP contribution in [0, 0.1) is 0 Å². The predicted octanol–water partition coefficient (Wildman–Crippen LogP) is 1.90. The van der Waals surface area contributed by atoms with Gasteiger partial charge in [0.05, 0.1) is 24.7 Å². The molecule has 0 aromatic heterocycles. The first-order valence-corrected chi connectivity index (χ1v) is 6.50. The van der Waals surface area contributed by atoms with Gasteiger partial charge in [-0.15, -0.1) is 0 Å². The number of hydrogen-bond acceptors (Lipinski definition) is 3. The number of benzene rings is 1. The third-order valence-electron chi connectivity index (χ3n) is 2.56. The van der Waals surface area contributed by atoms with E-state index in [1.54, 1.807) is 13.8 Å². The molecule has 0 unspecified atom stereocenters. The van der Waals surface area contributed by atoms with Crippen LogP contribution in [-0.4, -0.2) is 29.3 Å². The van der Waals surface area contributed by atoms with Crippen molar-refractivity contribution in [1.82, 2.24) is 5.32 Å². The van der Waals surface area contributed by atoms with E-state index < -0.39 is 5.54 Å². The Balaban J connectivity index is 2.74. The summed E-state index contributed by atoms with van der Waals surface area (Å²) in [5.74, 6) is 0.605. The number of aliphatic hydroxyl groups excluding tert-OH is 1. The van der Waals surface area contributed by atoms with Crippen LogP contribution in [0.5, 0.6) is 5.75 Å². The number of nitrogens with one attached hydrogen (secondary N) is 1. The van der Waals surface area contributed by atoms with Crippen LogP contribution >= 0.6 is 0 Å². The maximum atomic E-state index is 11.9. The Morgan fingerprint density at radius 3 is 2.58 bits per heavy atom. The summed E-state index contributed by atoms with van der Waals surface area (Å²) in [5, 5.41) is 11.9. The standard InChI is InChI=1S/C15H23NO3/c1-11(2)19-13-8-6-5-7-12(13)9-14(18)16-15(3,4)10-17/h5-8,11,17H,9-10H2,1-4H3,(H,16,18). The number of hydrogen-bond donors (Lipinski definition) is 2. The van der Waals surface area contributed by atoms with Gasteiger partial charge in [-0.3, -0.25) is 4.79 Å². The molecule has 0 aliphatic rings. The molecule has 0 aliphatic carbocycles. The molecule has 106 valence electrons. The number of aliphatic hydroxyl groups is 1. The first kappa shape index (κ1) is 15.5. The zero-order valence-electron chi connectivity index (χ0n) is 12.1. The SMILES string of the molecule is CC(C)Oc1ccccc1CC(=O)NC(C)(C)CO. The molecule has 19 heavy (non-hydrogen) atoms. The third kappa shape index (κ3) is 5.30. The Hall–Kier alpha value is -1.55. The number of rotatable bonds is 6. The minimum Gasteiger partial charge on any atom is -0.491 e. The fourth-order valence-electron chi connectivity index (χ4n) is 1.65. The molecule has 4 heteroatoms. The summed E-state index contributed by atoms with van der Waals surface area (Å²) < 4.78 is 5.67. The Kier molecular flexibility index (Phi) is 5.36. The van der Waals surface area contributed by atoms with Crippen LogP contribution in [0.1, 0.15) is 33.3 Å². The van der Waals surface area contributed by atoms with Crippen molar-refractivity contribution in [3.63, 3.8) is 0 Å². The van der Waals surface area contributed by atoms with E-state index in [1.165, 1.54) is 0 Å². The van der Waals surface area contributed by atoms with Crippen molar-refractivity contribution in [3.8, 4) is 5.75 Å². The van der Waals surface area contributed by atoms with E-state index >= 15 is 0 Å². The highest BCUT2D eigenvalue weighted by Crippen LogP contribution is 2.20. The first-order valence-electron chi connectivity index (χ1n) is 6.50. The molecule has 0 atom stereocenters. The molecule has 0 saturated carbocycles. The van der Waals surface area contributed by atoms with Gasteiger partial charge in [0.25, 0.3) is 0 Å². The molecule has 1 rings (SSSR count). The third-order valence-corrected chi connectivity index (χ3v) is 2.56. The van der Waals surface area contributed by atoms with Gasteiger partial charge in [-0.1, -0.05) is 18.2 Å². The lowest BCUT2D eigenvalue weighted by Crippen LogP contribution is -2.46. The molecule has 0 aliphatic heterocycles. The van der Waals surface area contributed by atoms with Crippen LogP contribution in [0.4, 0.5) is 0 Å². The average molecular weight is 265 g/mol. The second kappa shape index (κ2) is 6.57. The van der Waals surface area contributed by atoms with Crippen molar-refractivity contribution in [2.45, 2.75) is 45.8 Å². The summed E-state index contributed by atoms with van der Waals surface area (Å²) in [6, 6.07) is 7.51. The van der Waals surface area contributed by atoms with Crippen LogP contribution in [0.2, 0.25) is 0 Å². The Morgan fingerprint density at radius 2 is 2.00 bits per heavy atom. The molecule has 0 bridgehead atoms. The lowest BCUT2D eigenvalue weighted by atomic mass is 10.1. The summed E-state index contributed by atoms with van der Waals surface area (Å²) >= 11 is 0. The number of amides is 1. The number of carbonyl (C=O) groups is 1. The minimum absolute atomic E-state index is 0.0677. The minimum atomic E-state index is -0.606. The van der Waals surface area contributed by atoms with Gasteiger partial charge in [-0.05, 0) is 33.8 Å². The Bertz CT molecular complexity index is 427. The molecule has 1 aromatic carbocycles. The quantitative estimate of drug-likeness (QED) is 0.826. The largest absolute Gasteiger partial charge is 0.491 e. The fraction of sp³-hybridized carbons (Fsp3) is 0.533. The number of ether oxygens (including phenoxy) is 1. The maximum Gasteiger partial charge on any atom is 0.225 e. The van der Waals surface area contributed by atoms with Gasteiger partial charge in [0, 0.05) is 5.56 Å². The molecule has 1 aromatic rings. The van der Waals surface area contributed by atoms with E-state index in [0.29, 0.717) is 0 Å². The van der Waals surface area contributed by atoms with Crippen LogP contribution < -0.4 is 10.1 Å². The molecule has 0 saturated heterocycles. The van der Waals surface area contributed by atoms with Gasteiger partial charge in [0.15, 0.2) is 0 Å². The van der Waals surface area contributed by atoms with Gasteiger partial charge >= 0.3 is 0 Å². The van der Waals surface area contributed by atoms with Crippen LogP contribution in [0.15, 0.2) is 24.3 Å². The summed E-state index contributed by atoms with van der Waals surface area (Å²) in [6.45, 7) is 7.36. The number of para-hydroxylation sites is 1. The molecule has 4 nitrogen and oxygen atoms in total. The summed E-state index contributed by atoms with van der Waals surface area (Å²) in [4.78, 5) is 11.9. The van der Waals surface area contributed by atoms with Crippen LogP contribution in [0.25, 0.3) is 0 Å². The topological polar surface area (TPSA) is 58.6 Å². The molecule has 0 fully saturated rings. The monoisotopic (exact) mass is 265 g/mol. The highest BCUT2D eigenvalue weighted by molar-refractivity contribution is 5.80. The van der Waals surface area contributed by atoms with Gasteiger partial charge in [0.1, 0.15) is 5.75 Å². The molecular formula is C15H23NO3. The Labute approximate surface area is 114 Å². The molecular weight excluding hydrogens is 242 g/mol. The molecule has 0 spiro atoms. The van der Waals surface area contributed by atoms with Gasteiger partial charge in [-0.2, -0.15) is 0 Å². The first-order chi connectivity index (χ1) is 8.84. The van der Waals surface area contributed by atoms with Crippen LogP contribution in [0.3, 0.4) is 0 Å². The van der Waals surface area contributed by atoms with E-state index in [2.05, 4.69) is 5.32 Å². The summed E-state index contributed by atoms with van der Waals surface area (Å²) in [6.07, 6.45) is 0.310. The van der Waals surface area contributed by atoms with Gasteiger partial charge in [-0.25, -0.2) is 0 Å². The second-order valence-electron chi connectivity index (χ2n) is 5.54. The molecule has 0 heterocycles. The van der Waals surface area contributed by atoms with Crippen molar-refractivity contribution in [2.24, 2.45) is 0 Å². The van der Waals surface area contributed by atoms with Gasteiger partial charge in [0.2, 0.25) is 5.91 Å². The maximum absolute atomic E-state index is 11.9. The smallest absolute Gasteiger partial charge is 0.225 e. The highest BCUT2D eigenvalue weighted by Gasteiger charge is 2.20. The van der Waals surface area contributed by atoms with E-state index in [1.807, 2.05) is 38.1 Å². The van der Waals surface area contributed by atoms with E-state index in [0.717, 1.165) is 11.3 Å². The second-order valence-corrected chi connectivity index (χ2v) is 5.54. The van der Waals surface area contributed by atoms with Crippen LogP contribution in [-0.2, 0) is 11.2 Å². The highest BCUT2D eigenvalue weighted by atomic mass is 16.5. The normalized spacial score (nSPS) is 11.5. The van der Waals surface area contributed by atoms with Gasteiger partial charge < -0.3 is 15.2 Å². The van der Waals surface area contributed by atoms with E-state index in [-0.39, 0.29) is 25.0 Å². The van der Waals surface area contributed by atoms with Crippen molar-refractivity contribution in [1.29, 1.82) is 0 Å². The lowest BCUT2D eigenvalue weighted by Gasteiger charge is -2.23. The van der Waals surface area contributed by atoms with Crippen molar-refractivity contribution in [3.05, 3.63) is 29.8 Å². The Morgan fingerprint density at radius 1 is 1.37 bits per heavy atom. The zero-order valence-corrected chi connectivity index (χ0v) is 12.1. The zero-order chi connectivity index (χ0) is 14.5. The lowest BCUT2D eigenvalue weighted by molar-refractivity contribution is -0.122.